The van der Waals surface area contributed by atoms with Crippen LogP contribution >= 0.6 is 22.9 Å². The molecule has 0 saturated heterocycles. The highest BCUT2D eigenvalue weighted by molar-refractivity contribution is 7.16. The van der Waals surface area contributed by atoms with Crippen molar-refractivity contribution in [2.45, 2.75) is 6.54 Å². The third kappa shape index (κ3) is 4.18. The van der Waals surface area contributed by atoms with E-state index in [1.54, 1.807) is 18.2 Å². The number of furan rings is 1. The number of rotatable bonds is 5. The zero-order valence-electron chi connectivity index (χ0n) is 13.0. The van der Waals surface area contributed by atoms with E-state index in [-0.39, 0.29) is 12.1 Å². The van der Waals surface area contributed by atoms with Crippen molar-refractivity contribution >= 4 is 34.9 Å². The summed E-state index contributed by atoms with van der Waals surface area (Å²) in [6.07, 6.45) is 3.10. The van der Waals surface area contributed by atoms with Crippen LogP contribution in [0.1, 0.15) is 10.6 Å². The van der Waals surface area contributed by atoms with Crippen LogP contribution in [0.4, 0.5) is 0 Å². The van der Waals surface area contributed by atoms with Crippen LogP contribution in [-0.4, -0.2) is 5.91 Å². The minimum absolute atomic E-state index is 0.0408. The second-order valence-electron chi connectivity index (χ2n) is 5.11. The molecule has 124 valence electrons. The smallest absolute Gasteiger partial charge is 0.262 e. The quantitative estimate of drug-likeness (QED) is 0.515. The van der Waals surface area contributed by atoms with Crippen LogP contribution in [0, 0.1) is 11.3 Å². The van der Waals surface area contributed by atoms with Crippen molar-refractivity contribution in [1.82, 2.24) is 5.32 Å². The number of thiophene rings is 1. The lowest BCUT2D eigenvalue weighted by Crippen LogP contribution is -2.23. The van der Waals surface area contributed by atoms with Crippen LogP contribution in [-0.2, 0) is 11.3 Å². The van der Waals surface area contributed by atoms with E-state index in [1.807, 2.05) is 42.5 Å². The first-order valence-electron chi connectivity index (χ1n) is 7.44. The SMILES string of the molecule is N#C/C(=C\c1ccc(-c2ccccc2Cl)s1)C(=O)NCc1ccco1. The van der Waals surface area contributed by atoms with Crippen LogP contribution in [0.3, 0.4) is 0 Å². The molecule has 1 amide bonds. The molecule has 1 aromatic carbocycles. The number of carbonyl (C=O) groups excluding carboxylic acids is 1. The van der Waals surface area contributed by atoms with Crippen LogP contribution in [0.25, 0.3) is 16.5 Å². The van der Waals surface area contributed by atoms with Crippen LogP contribution in [0.5, 0.6) is 0 Å². The molecule has 6 heteroatoms. The number of hydrogen-bond donors (Lipinski definition) is 1. The Morgan fingerprint density at radius 1 is 1.24 bits per heavy atom. The van der Waals surface area contributed by atoms with Gasteiger partial charge in [0.1, 0.15) is 17.4 Å². The van der Waals surface area contributed by atoms with Gasteiger partial charge in [-0.05, 0) is 36.4 Å². The second-order valence-corrected chi connectivity index (χ2v) is 6.64. The third-order valence-electron chi connectivity index (χ3n) is 3.42. The van der Waals surface area contributed by atoms with Gasteiger partial charge in [0.15, 0.2) is 0 Å². The van der Waals surface area contributed by atoms with Crippen molar-refractivity contribution in [3.8, 4) is 16.5 Å². The predicted octanol–water partition coefficient (Wildman–Crippen LogP) is 4.88. The van der Waals surface area contributed by atoms with E-state index in [9.17, 15) is 10.1 Å². The Hall–Kier alpha value is -2.81. The molecule has 0 bridgehead atoms. The number of hydrogen-bond acceptors (Lipinski definition) is 4. The fraction of sp³-hybridized carbons (Fsp3) is 0.0526. The molecule has 0 fully saturated rings. The number of carbonyl (C=O) groups is 1. The number of nitriles is 1. The van der Waals surface area contributed by atoms with Gasteiger partial charge < -0.3 is 9.73 Å². The van der Waals surface area contributed by atoms with E-state index < -0.39 is 5.91 Å². The molecular formula is C19H13ClN2O2S. The number of benzene rings is 1. The average molecular weight is 369 g/mol. The summed E-state index contributed by atoms with van der Waals surface area (Å²) in [4.78, 5) is 13.9. The standard InChI is InChI=1S/C19H13ClN2O2S/c20-17-6-2-1-5-16(17)18-8-7-15(25-18)10-13(11-21)19(23)22-12-14-4-3-9-24-14/h1-10H,12H2,(H,22,23)/b13-10+. The Morgan fingerprint density at radius 3 is 2.80 bits per heavy atom. The van der Waals surface area contributed by atoms with E-state index in [0.717, 1.165) is 15.3 Å². The molecular weight excluding hydrogens is 356 g/mol. The van der Waals surface area contributed by atoms with Gasteiger partial charge in [-0.3, -0.25) is 4.79 Å². The molecule has 1 N–H and O–H groups in total. The molecule has 4 nitrogen and oxygen atoms in total. The molecule has 3 rings (SSSR count). The Labute approximate surface area is 154 Å². The van der Waals surface area contributed by atoms with Crippen LogP contribution < -0.4 is 5.32 Å². The summed E-state index contributed by atoms with van der Waals surface area (Å²) in [5.41, 5.74) is 0.966. The topological polar surface area (TPSA) is 66.0 Å². The molecule has 2 heterocycles. The highest BCUT2D eigenvalue weighted by Gasteiger charge is 2.11. The number of amides is 1. The Kier molecular flexibility index (Phi) is 5.34. The summed E-state index contributed by atoms with van der Waals surface area (Å²) in [6.45, 7) is 0.236. The predicted molar refractivity (Wildman–Crippen MR) is 98.9 cm³/mol. The summed E-state index contributed by atoms with van der Waals surface area (Å²) in [6, 6.07) is 16.8. The molecule has 0 atom stereocenters. The van der Waals surface area contributed by atoms with Gasteiger partial charge in [-0.15, -0.1) is 11.3 Å². The minimum Gasteiger partial charge on any atom is -0.467 e. The molecule has 25 heavy (non-hydrogen) atoms. The lowest BCUT2D eigenvalue weighted by atomic mass is 10.2. The fourth-order valence-corrected chi connectivity index (χ4v) is 3.49. The minimum atomic E-state index is -0.438. The first kappa shape index (κ1) is 17.0. The normalized spacial score (nSPS) is 11.1. The summed E-state index contributed by atoms with van der Waals surface area (Å²) >= 11 is 7.67. The molecule has 0 radical (unpaired) electrons. The second kappa shape index (κ2) is 7.84. The molecule has 3 aromatic rings. The van der Waals surface area contributed by atoms with Crippen molar-refractivity contribution in [3.63, 3.8) is 0 Å². The lowest BCUT2D eigenvalue weighted by Gasteiger charge is -2.01. The van der Waals surface area contributed by atoms with Crippen molar-refractivity contribution in [3.05, 3.63) is 76.0 Å². The van der Waals surface area contributed by atoms with Gasteiger partial charge in [0.05, 0.1) is 12.8 Å². The molecule has 0 saturated carbocycles. The van der Waals surface area contributed by atoms with Crippen LogP contribution in [0.2, 0.25) is 5.02 Å². The number of nitrogens with zero attached hydrogens (tertiary/aromatic N) is 1. The average Bonchev–Trinajstić information content (AvgIpc) is 3.30. The summed E-state index contributed by atoms with van der Waals surface area (Å²) in [5.74, 6) is 0.189. The summed E-state index contributed by atoms with van der Waals surface area (Å²) in [5, 5.41) is 12.6. The summed E-state index contributed by atoms with van der Waals surface area (Å²) in [7, 11) is 0. The van der Waals surface area contributed by atoms with E-state index in [1.165, 1.54) is 17.6 Å². The van der Waals surface area contributed by atoms with Crippen molar-refractivity contribution < 1.29 is 9.21 Å². The van der Waals surface area contributed by atoms with E-state index in [0.29, 0.717) is 10.8 Å². The summed E-state index contributed by atoms with van der Waals surface area (Å²) < 4.78 is 5.15. The highest BCUT2D eigenvalue weighted by atomic mass is 35.5. The van der Waals surface area contributed by atoms with Crippen molar-refractivity contribution in [1.29, 1.82) is 5.26 Å². The van der Waals surface area contributed by atoms with Gasteiger partial charge in [0, 0.05) is 20.3 Å². The van der Waals surface area contributed by atoms with Gasteiger partial charge in [0.2, 0.25) is 0 Å². The zero-order valence-corrected chi connectivity index (χ0v) is 14.6. The molecule has 0 aliphatic rings. The van der Waals surface area contributed by atoms with Crippen molar-refractivity contribution in [2.24, 2.45) is 0 Å². The molecule has 0 spiro atoms. The Morgan fingerprint density at radius 2 is 2.08 bits per heavy atom. The molecule has 0 aliphatic carbocycles. The number of nitrogens with one attached hydrogen (secondary N) is 1. The zero-order chi connectivity index (χ0) is 17.6. The van der Waals surface area contributed by atoms with Crippen molar-refractivity contribution in [2.75, 3.05) is 0 Å². The Bertz CT molecular complexity index is 952. The molecule has 0 aliphatic heterocycles. The maximum absolute atomic E-state index is 12.1. The lowest BCUT2D eigenvalue weighted by molar-refractivity contribution is -0.117. The molecule has 2 aromatic heterocycles. The maximum Gasteiger partial charge on any atom is 0.262 e. The van der Waals surface area contributed by atoms with Gasteiger partial charge in [-0.1, -0.05) is 29.8 Å². The van der Waals surface area contributed by atoms with E-state index in [2.05, 4.69) is 5.32 Å². The third-order valence-corrected chi connectivity index (χ3v) is 4.82. The largest absolute Gasteiger partial charge is 0.467 e. The van der Waals surface area contributed by atoms with Gasteiger partial charge >= 0.3 is 0 Å². The van der Waals surface area contributed by atoms with Gasteiger partial charge in [-0.2, -0.15) is 5.26 Å². The van der Waals surface area contributed by atoms with E-state index in [4.69, 9.17) is 16.0 Å². The Balaban J connectivity index is 1.75. The van der Waals surface area contributed by atoms with Crippen LogP contribution in [0.15, 0.2) is 64.8 Å². The first-order valence-corrected chi connectivity index (χ1v) is 8.64. The fourth-order valence-electron chi connectivity index (χ4n) is 2.20. The number of halogens is 1. The monoisotopic (exact) mass is 368 g/mol. The van der Waals surface area contributed by atoms with E-state index >= 15 is 0 Å². The maximum atomic E-state index is 12.1. The first-order chi connectivity index (χ1) is 12.2. The van der Waals surface area contributed by atoms with Gasteiger partial charge in [-0.25, -0.2) is 0 Å². The molecule has 0 unspecified atom stereocenters. The van der Waals surface area contributed by atoms with Gasteiger partial charge in [0.25, 0.3) is 5.91 Å². The highest BCUT2D eigenvalue weighted by Crippen LogP contribution is 2.33.